The minimum Gasteiger partial charge on any atom is -0.366 e. The molecule has 0 spiro atoms. The van der Waals surface area contributed by atoms with Gasteiger partial charge in [0.25, 0.3) is 5.91 Å². The van der Waals surface area contributed by atoms with E-state index in [2.05, 4.69) is 39.5 Å². The Bertz CT molecular complexity index is 787. The SMILES string of the molecule is Cc1cc(C=CC(=O)NO)cnc1N[C@@H]1CCN(Cc2ccccc2)C1.Cl.Cl. The second-order valence-corrected chi connectivity index (χ2v) is 6.59. The average Bonchev–Trinajstić information content (AvgIpc) is 3.09. The molecule has 2 heterocycles. The van der Waals surface area contributed by atoms with Crippen LogP contribution >= 0.6 is 24.8 Å². The van der Waals surface area contributed by atoms with Gasteiger partial charge in [-0.3, -0.25) is 14.9 Å². The van der Waals surface area contributed by atoms with Crippen molar-refractivity contribution in [2.24, 2.45) is 0 Å². The summed E-state index contributed by atoms with van der Waals surface area (Å²) in [6, 6.07) is 12.9. The molecule has 1 fully saturated rings. The van der Waals surface area contributed by atoms with E-state index in [9.17, 15) is 4.79 Å². The van der Waals surface area contributed by atoms with Gasteiger partial charge in [0, 0.05) is 37.9 Å². The second kappa shape index (κ2) is 11.7. The van der Waals surface area contributed by atoms with Crippen molar-refractivity contribution >= 4 is 42.6 Å². The maximum absolute atomic E-state index is 11.0. The standard InChI is InChI=1S/C20H24N4O2.2ClH/c1-15-11-17(7-8-19(25)23-26)12-21-20(15)22-18-9-10-24(14-18)13-16-5-3-2-4-6-16;;/h2-8,11-12,18,26H,9-10,13-14H2,1H3,(H,21,22)(H,23,25);2*1H/t18-;;/m1../s1. The maximum atomic E-state index is 11.0. The van der Waals surface area contributed by atoms with Crippen LogP contribution in [0.4, 0.5) is 5.82 Å². The van der Waals surface area contributed by atoms with Gasteiger partial charge >= 0.3 is 0 Å². The molecule has 152 valence electrons. The number of nitrogens with one attached hydrogen (secondary N) is 2. The molecule has 1 amide bonds. The highest BCUT2D eigenvalue weighted by atomic mass is 35.5. The molecule has 3 N–H and O–H groups in total. The molecule has 0 unspecified atom stereocenters. The van der Waals surface area contributed by atoms with Gasteiger partial charge in [-0.2, -0.15) is 0 Å². The van der Waals surface area contributed by atoms with Crippen LogP contribution in [0, 0.1) is 6.92 Å². The van der Waals surface area contributed by atoms with E-state index in [-0.39, 0.29) is 24.8 Å². The van der Waals surface area contributed by atoms with Crippen LogP contribution in [0.15, 0.2) is 48.7 Å². The van der Waals surface area contributed by atoms with E-state index in [4.69, 9.17) is 5.21 Å². The fraction of sp³-hybridized carbons (Fsp3) is 0.300. The first-order valence-electron chi connectivity index (χ1n) is 8.75. The molecule has 3 rings (SSSR count). The van der Waals surface area contributed by atoms with E-state index in [0.29, 0.717) is 6.04 Å². The summed E-state index contributed by atoms with van der Waals surface area (Å²) in [7, 11) is 0. The van der Waals surface area contributed by atoms with Crippen molar-refractivity contribution in [2.45, 2.75) is 25.9 Å². The summed E-state index contributed by atoms with van der Waals surface area (Å²) in [6.07, 6.45) is 5.69. The minimum atomic E-state index is -0.561. The predicted octanol–water partition coefficient (Wildman–Crippen LogP) is 3.44. The van der Waals surface area contributed by atoms with Crippen molar-refractivity contribution < 1.29 is 10.0 Å². The zero-order valence-electron chi connectivity index (χ0n) is 15.7. The average molecular weight is 425 g/mol. The number of aryl methyl sites for hydroxylation is 1. The molecule has 1 aromatic heterocycles. The van der Waals surface area contributed by atoms with Crippen LogP contribution in [-0.4, -0.2) is 40.1 Å². The fourth-order valence-electron chi connectivity index (χ4n) is 3.18. The van der Waals surface area contributed by atoms with E-state index in [0.717, 1.165) is 43.0 Å². The third-order valence-corrected chi connectivity index (χ3v) is 4.50. The van der Waals surface area contributed by atoms with Gasteiger partial charge in [-0.05, 0) is 42.2 Å². The summed E-state index contributed by atoms with van der Waals surface area (Å²) in [6.45, 7) is 5.04. The first-order valence-corrected chi connectivity index (χ1v) is 8.75. The first-order chi connectivity index (χ1) is 12.6. The number of anilines is 1. The Hall–Kier alpha value is -2.12. The molecule has 1 saturated heterocycles. The van der Waals surface area contributed by atoms with Gasteiger partial charge in [0.2, 0.25) is 0 Å². The molecule has 0 aliphatic carbocycles. The monoisotopic (exact) mass is 424 g/mol. The summed E-state index contributed by atoms with van der Waals surface area (Å²) in [5.74, 6) is 0.314. The Morgan fingerprint density at radius 1 is 1.32 bits per heavy atom. The number of carbonyl (C=O) groups excluding carboxylic acids is 1. The summed E-state index contributed by atoms with van der Waals surface area (Å²) < 4.78 is 0. The first kappa shape index (κ1) is 23.9. The van der Waals surface area contributed by atoms with Crippen molar-refractivity contribution in [1.82, 2.24) is 15.4 Å². The van der Waals surface area contributed by atoms with Gasteiger partial charge in [-0.25, -0.2) is 10.5 Å². The second-order valence-electron chi connectivity index (χ2n) is 6.59. The van der Waals surface area contributed by atoms with Crippen LogP contribution in [0.2, 0.25) is 0 Å². The normalized spacial score (nSPS) is 16.3. The number of hydroxylamine groups is 1. The lowest BCUT2D eigenvalue weighted by atomic mass is 10.1. The zero-order chi connectivity index (χ0) is 18.4. The number of carbonyl (C=O) groups is 1. The van der Waals surface area contributed by atoms with Crippen LogP contribution in [0.5, 0.6) is 0 Å². The summed E-state index contributed by atoms with van der Waals surface area (Å²) in [5, 5.41) is 12.0. The van der Waals surface area contributed by atoms with Crippen molar-refractivity contribution in [3.05, 3.63) is 65.4 Å². The molecule has 28 heavy (non-hydrogen) atoms. The van der Waals surface area contributed by atoms with Crippen LogP contribution < -0.4 is 10.8 Å². The van der Waals surface area contributed by atoms with Crippen LogP contribution in [0.1, 0.15) is 23.1 Å². The molecular weight excluding hydrogens is 399 g/mol. The maximum Gasteiger partial charge on any atom is 0.267 e. The smallest absolute Gasteiger partial charge is 0.267 e. The van der Waals surface area contributed by atoms with Crippen molar-refractivity contribution in [3.63, 3.8) is 0 Å². The highest BCUT2D eigenvalue weighted by Crippen LogP contribution is 2.20. The third kappa shape index (κ3) is 6.80. The van der Waals surface area contributed by atoms with Crippen molar-refractivity contribution in [1.29, 1.82) is 0 Å². The Morgan fingerprint density at radius 3 is 2.75 bits per heavy atom. The number of halogens is 2. The van der Waals surface area contributed by atoms with Gasteiger partial charge < -0.3 is 5.32 Å². The molecule has 1 aromatic carbocycles. The van der Waals surface area contributed by atoms with Gasteiger partial charge in [0.05, 0.1) is 0 Å². The molecule has 0 bridgehead atoms. The van der Waals surface area contributed by atoms with E-state index in [1.807, 2.05) is 19.1 Å². The molecule has 8 heteroatoms. The lowest BCUT2D eigenvalue weighted by molar-refractivity contribution is -0.124. The highest BCUT2D eigenvalue weighted by Gasteiger charge is 2.23. The molecule has 0 saturated carbocycles. The van der Waals surface area contributed by atoms with Crippen LogP contribution in [0.25, 0.3) is 6.08 Å². The number of pyridine rings is 1. The molecule has 0 radical (unpaired) electrons. The largest absolute Gasteiger partial charge is 0.366 e. The zero-order valence-corrected chi connectivity index (χ0v) is 17.3. The Kier molecular flexibility index (Phi) is 9.96. The van der Waals surface area contributed by atoms with Gasteiger partial charge in [0.15, 0.2) is 0 Å². The molecule has 1 atom stereocenters. The van der Waals surface area contributed by atoms with Gasteiger partial charge in [-0.1, -0.05) is 30.3 Å². The lowest BCUT2D eigenvalue weighted by Gasteiger charge is -2.18. The van der Waals surface area contributed by atoms with E-state index in [1.165, 1.54) is 11.6 Å². The topological polar surface area (TPSA) is 77.5 Å². The fourth-order valence-corrected chi connectivity index (χ4v) is 3.18. The van der Waals surface area contributed by atoms with E-state index < -0.39 is 5.91 Å². The van der Waals surface area contributed by atoms with Crippen LogP contribution in [0.3, 0.4) is 0 Å². The molecule has 1 aliphatic heterocycles. The van der Waals surface area contributed by atoms with Crippen molar-refractivity contribution in [3.8, 4) is 0 Å². The molecule has 1 aliphatic rings. The molecular formula is C20H26Cl2N4O2. The number of rotatable bonds is 6. The van der Waals surface area contributed by atoms with E-state index >= 15 is 0 Å². The number of hydrogen-bond donors (Lipinski definition) is 3. The molecule has 6 nitrogen and oxygen atoms in total. The third-order valence-electron chi connectivity index (χ3n) is 4.50. The highest BCUT2D eigenvalue weighted by molar-refractivity contribution is 5.90. The summed E-state index contributed by atoms with van der Waals surface area (Å²) >= 11 is 0. The number of amides is 1. The minimum absolute atomic E-state index is 0. The Balaban J connectivity index is 0.00000196. The molecule has 2 aromatic rings. The Morgan fingerprint density at radius 2 is 2.07 bits per heavy atom. The summed E-state index contributed by atoms with van der Waals surface area (Å²) in [5.41, 5.74) is 4.75. The number of benzene rings is 1. The number of hydrogen-bond acceptors (Lipinski definition) is 5. The van der Waals surface area contributed by atoms with Crippen LogP contribution in [-0.2, 0) is 11.3 Å². The number of nitrogens with zero attached hydrogens (tertiary/aromatic N) is 2. The number of aromatic nitrogens is 1. The Labute approximate surface area is 177 Å². The lowest BCUT2D eigenvalue weighted by Crippen LogP contribution is -2.26. The quantitative estimate of drug-likeness (QED) is 0.376. The van der Waals surface area contributed by atoms with E-state index in [1.54, 1.807) is 17.8 Å². The van der Waals surface area contributed by atoms with Gasteiger partial charge in [0.1, 0.15) is 5.82 Å². The van der Waals surface area contributed by atoms with Crippen molar-refractivity contribution in [2.75, 3.05) is 18.4 Å². The number of likely N-dealkylation sites (tertiary alicyclic amines) is 1. The summed E-state index contributed by atoms with van der Waals surface area (Å²) in [4.78, 5) is 18.0. The predicted molar refractivity (Wildman–Crippen MR) is 116 cm³/mol. The van der Waals surface area contributed by atoms with Gasteiger partial charge in [-0.15, -0.1) is 24.8 Å².